The van der Waals surface area contributed by atoms with Crippen molar-refractivity contribution in [2.75, 3.05) is 20.3 Å². The number of nitrogens with zero attached hydrogens (tertiary/aromatic N) is 3. The summed E-state index contributed by atoms with van der Waals surface area (Å²) in [4.78, 5) is 18.5. The average molecular weight is 308 g/mol. The molecule has 0 spiro atoms. The van der Waals surface area contributed by atoms with Crippen LogP contribution in [-0.2, 0) is 11.3 Å². The summed E-state index contributed by atoms with van der Waals surface area (Å²) in [5, 5.41) is 3.19. The van der Waals surface area contributed by atoms with E-state index in [-0.39, 0.29) is 23.5 Å². The smallest absolute Gasteiger partial charge is 0.317 e. The van der Waals surface area contributed by atoms with Gasteiger partial charge in [0.15, 0.2) is 0 Å². The van der Waals surface area contributed by atoms with Crippen molar-refractivity contribution in [3.8, 4) is 0 Å². The van der Waals surface area contributed by atoms with E-state index in [1.807, 2.05) is 22.7 Å². The monoisotopic (exact) mass is 308 g/mol. The second kappa shape index (κ2) is 7.13. The highest BCUT2D eigenvalue weighted by molar-refractivity contribution is 5.74. The van der Waals surface area contributed by atoms with Crippen LogP contribution in [0.15, 0.2) is 18.7 Å². The summed E-state index contributed by atoms with van der Waals surface area (Å²) in [6, 6.07) is 0.297. The van der Waals surface area contributed by atoms with Gasteiger partial charge in [0, 0.05) is 45.2 Å². The molecule has 0 aromatic carbocycles. The van der Waals surface area contributed by atoms with Gasteiger partial charge in [0.25, 0.3) is 0 Å². The Balaban J connectivity index is 1.98. The zero-order chi connectivity index (χ0) is 16.2. The van der Waals surface area contributed by atoms with Crippen LogP contribution in [0.25, 0.3) is 0 Å². The number of carbonyl (C=O) groups excluding carboxylic acids is 1. The van der Waals surface area contributed by atoms with Crippen molar-refractivity contribution in [3.63, 3.8) is 0 Å². The molecule has 1 aliphatic rings. The van der Waals surface area contributed by atoms with Gasteiger partial charge in [-0.15, -0.1) is 0 Å². The molecule has 1 saturated heterocycles. The minimum atomic E-state index is -0.0313. The fourth-order valence-electron chi connectivity index (χ4n) is 2.63. The van der Waals surface area contributed by atoms with Gasteiger partial charge in [0.2, 0.25) is 0 Å². The van der Waals surface area contributed by atoms with Crippen LogP contribution in [0, 0.1) is 5.41 Å². The number of rotatable bonds is 4. The van der Waals surface area contributed by atoms with Crippen molar-refractivity contribution in [3.05, 3.63) is 18.7 Å². The Hall–Kier alpha value is -1.56. The van der Waals surface area contributed by atoms with Gasteiger partial charge in [0.1, 0.15) is 0 Å². The lowest BCUT2D eigenvalue weighted by Crippen LogP contribution is -2.53. The molecule has 1 fully saturated rings. The first-order valence-electron chi connectivity index (χ1n) is 7.94. The topological polar surface area (TPSA) is 59.4 Å². The minimum Gasteiger partial charge on any atom is -0.381 e. The number of nitrogens with one attached hydrogen (secondary N) is 1. The summed E-state index contributed by atoms with van der Waals surface area (Å²) in [5.41, 5.74) is -0.0313. The fourth-order valence-corrected chi connectivity index (χ4v) is 2.63. The van der Waals surface area contributed by atoms with Crippen molar-refractivity contribution < 1.29 is 9.53 Å². The third-order valence-corrected chi connectivity index (χ3v) is 4.35. The molecule has 0 saturated carbocycles. The molecule has 1 N–H and O–H groups in total. The highest BCUT2D eigenvalue weighted by Gasteiger charge is 2.29. The maximum atomic E-state index is 12.6. The lowest BCUT2D eigenvalue weighted by molar-refractivity contribution is 0.0512. The van der Waals surface area contributed by atoms with Crippen LogP contribution < -0.4 is 5.32 Å². The van der Waals surface area contributed by atoms with Crippen LogP contribution in [0.3, 0.4) is 0 Å². The second-order valence-electron chi connectivity index (χ2n) is 7.08. The second-order valence-corrected chi connectivity index (χ2v) is 7.08. The van der Waals surface area contributed by atoms with E-state index in [2.05, 4.69) is 31.1 Å². The normalized spacial score (nSPS) is 18.0. The zero-order valence-corrected chi connectivity index (χ0v) is 14.1. The maximum Gasteiger partial charge on any atom is 0.317 e. The summed E-state index contributed by atoms with van der Waals surface area (Å²) >= 11 is 0. The molecule has 124 valence electrons. The standard InChI is InChI=1S/C16H28N4O2/c1-16(2,3)14(11-20-8-7-17-12-20)18-15(21)19(4)13-5-9-22-10-6-13/h7-8,12-14H,5-6,9-11H2,1-4H3,(H,18,21)/t14-/m1/s1. The number of urea groups is 1. The number of imidazole rings is 1. The zero-order valence-electron chi connectivity index (χ0n) is 14.1. The third kappa shape index (κ3) is 4.47. The van der Waals surface area contributed by atoms with Crippen LogP contribution in [0.1, 0.15) is 33.6 Å². The number of aromatic nitrogens is 2. The number of carbonyl (C=O) groups is 1. The quantitative estimate of drug-likeness (QED) is 0.927. The van der Waals surface area contributed by atoms with E-state index < -0.39 is 0 Å². The first-order valence-corrected chi connectivity index (χ1v) is 7.94. The lowest BCUT2D eigenvalue weighted by atomic mass is 9.86. The maximum absolute atomic E-state index is 12.6. The minimum absolute atomic E-state index is 0.00746. The predicted octanol–water partition coefficient (Wildman–Crippen LogP) is 2.12. The summed E-state index contributed by atoms with van der Waals surface area (Å²) < 4.78 is 7.37. The number of hydrogen-bond donors (Lipinski definition) is 1. The van der Waals surface area contributed by atoms with Gasteiger partial charge in [0.05, 0.1) is 12.4 Å². The van der Waals surface area contributed by atoms with Crippen LogP contribution in [0.2, 0.25) is 0 Å². The summed E-state index contributed by atoms with van der Waals surface area (Å²) in [6.45, 7) is 8.62. The molecular weight excluding hydrogens is 280 g/mol. The van der Waals surface area contributed by atoms with Crippen molar-refractivity contribution in [2.24, 2.45) is 5.41 Å². The van der Waals surface area contributed by atoms with E-state index in [0.29, 0.717) is 0 Å². The van der Waals surface area contributed by atoms with E-state index in [9.17, 15) is 4.79 Å². The molecule has 2 heterocycles. The molecule has 22 heavy (non-hydrogen) atoms. The molecule has 6 heteroatoms. The van der Waals surface area contributed by atoms with Gasteiger partial charge in [-0.05, 0) is 18.3 Å². The Morgan fingerprint density at radius 3 is 2.68 bits per heavy atom. The van der Waals surface area contributed by atoms with Crippen LogP contribution in [-0.4, -0.2) is 52.8 Å². The molecule has 1 aromatic rings. The summed E-state index contributed by atoms with van der Waals surface area (Å²) in [5.74, 6) is 0. The fraction of sp³-hybridized carbons (Fsp3) is 0.750. The van der Waals surface area contributed by atoms with Crippen molar-refractivity contribution >= 4 is 6.03 Å². The largest absolute Gasteiger partial charge is 0.381 e. The third-order valence-electron chi connectivity index (χ3n) is 4.35. The van der Waals surface area contributed by atoms with Crippen molar-refractivity contribution in [1.82, 2.24) is 19.8 Å². The lowest BCUT2D eigenvalue weighted by Gasteiger charge is -2.36. The van der Waals surface area contributed by atoms with E-state index in [0.717, 1.165) is 32.6 Å². The Kier molecular flexibility index (Phi) is 5.45. The molecule has 1 aromatic heterocycles. The van der Waals surface area contributed by atoms with Gasteiger partial charge >= 0.3 is 6.03 Å². The SMILES string of the molecule is CN(C(=O)N[C@H](Cn1ccnc1)C(C)(C)C)C1CCOCC1. The van der Waals surface area contributed by atoms with Gasteiger partial charge < -0.3 is 19.5 Å². The van der Waals surface area contributed by atoms with E-state index >= 15 is 0 Å². The van der Waals surface area contributed by atoms with E-state index in [1.165, 1.54) is 0 Å². The van der Waals surface area contributed by atoms with Gasteiger partial charge in [-0.2, -0.15) is 0 Å². The van der Waals surface area contributed by atoms with Gasteiger partial charge in [-0.3, -0.25) is 0 Å². The molecule has 1 aliphatic heterocycles. The van der Waals surface area contributed by atoms with Crippen molar-refractivity contribution in [1.29, 1.82) is 0 Å². The molecule has 1 atom stereocenters. The Labute approximate surface area is 132 Å². The number of hydrogen-bond acceptors (Lipinski definition) is 3. The molecular formula is C16H28N4O2. The molecule has 0 unspecified atom stereocenters. The van der Waals surface area contributed by atoms with Crippen LogP contribution in [0.4, 0.5) is 4.79 Å². The molecule has 6 nitrogen and oxygen atoms in total. The molecule has 0 aliphatic carbocycles. The molecule has 0 bridgehead atoms. The molecule has 2 amide bonds. The molecule has 0 radical (unpaired) electrons. The van der Waals surface area contributed by atoms with Gasteiger partial charge in [-0.1, -0.05) is 20.8 Å². The van der Waals surface area contributed by atoms with E-state index in [1.54, 1.807) is 12.5 Å². The average Bonchev–Trinajstić information content (AvgIpc) is 2.98. The summed E-state index contributed by atoms with van der Waals surface area (Å²) in [7, 11) is 1.88. The van der Waals surface area contributed by atoms with Crippen LogP contribution in [0.5, 0.6) is 0 Å². The van der Waals surface area contributed by atoms with Gasteiger partial charge in [-0.25, -0.2) is 9.78 Å². The Bertz CT molecular complexity index is 461. The first kappa shape index (κ1) is 16.8. The highest BCUT2D eigenvalue weighted by atomic mass is 16.5. The van der Waals surface area contributed by atoms with Crippen molar-refractivity contribution in [2.45, 2.75) is 52.2 Å². The Morgan fingerprint density at radius 2 is 2.14 bits per heavy atom. The number of amides is 2. The number of ether oxygens (including phenoxy) is 1. The molecule has 2 rings (SSSR count). The van der Waals surface area contributed by atoms with E-state index in [4.69, 9.17) is 4.74 Å². The predicted molar refractivity (Wildman–Crippen MR) is 85.6 cm³/mol. The summed E-state index contributed by atoms with van der Waals surface area (Å²) in [6.07, 6.45) is 7.28. The Morgan fingerprint density at radius 1 is 1.45 bits per heavy atom. The highest BCUT2D eigenvalue weighted by Crippen LogP contribution is 2.21. The van der Waals surface area contributed by atoms with Crippen LogP contribution >= 0.6 is 0 Å². The first-order chi connectivity index (χ1) is 10.4.